The molecule has 0 radical (unpaired) electrons. The monoisotopic (exact) mass is 775 g/mol. The number of likely N-dealkylation sites (tertiary alicyclic amines) is 2. The second-order valence-corrected chi connectivity index (χ2v) is 15.3. The molecule has 7 rings (SSSR count). The van der Waals surface area contributed by atoms with Crippen molar-refractivity contribution in [2.45, 2.75) is 49.4 Å². The zero-order chi connectivity index (χ0) is 37.9. The number of hydrazine groups is 1. The van der Waals surface area contributed by atoms with Gasteiger partial charge in [0.25, 0.3) is 5.91 Å². The summed E-state index contributed by atoms with van der Waals surface area (Å²) in [7, 11) is 1.54. The van der Waals surface area contributed by atoms with E-state index in [1.165, 1.54) is 11.0 Å². The van der Waals surface area contributed by atoms with Crippen LogP contribution in [0.3, 0.4) is 0 Å². The zero-order valence-electron chi connectivity index (χ0n) is 30.0. The Labute approximate surface area is 323 Å². The van der Waals surface area contributed by atoms with Gasteiger partial charge in [0.2, 0.25) is 5.91 Å². The summed E-state index contributed by atoms with van der Waals surface area (Å²) in [6.07, 6.45) is 7.04. The molecule has 2 aromatic carbocycles. The summed E-state index contributed by atoms with van der Waals surface area (Å²) in [6.45, 7) is 3.91. The second kappa shape index (κ2) is 16.0. The minimum absolute atomic E-state index is 0.149. The first-order valence-electron chi connectivity index (χ1n) is 18.2. The van der Waals surface area contributed by atoms with Crippen molar-refractivity contribution < 1.29 is 24.2 Å². The summed E-state index contributed by atoms with van der Waals surface area (Å²) in [4.78, 5) is 48.9. The van der Waals surface area contributed by atoms with Crippen molar-refractivity contribution >= 4 is 41.0 Å². The average Bonchev–Trinajstić information content (AvgIpc) is 3.90. The number of hydrogen-bond donors (Lipinski definition) is 2. The van der Waals surface area contributed by atoms with Gasteiger partial charge >= 0.3 is 5.97 Å². The lowest BCUT2D eigenvalue weighted by Crippen LogP contribution is -2.58. The van der Waals surface area contributed by atoms with Gasteiger partial charge in [-0.05, 0) is 117 Å². The predicted molar refractivity (Wildman–Crippen MR) is 201 cm³/mol. The molecular weight excluding hydrogens is 733 g/mol. The van der Waals surface area contributed by atoms with Gasteiger partial charge in [0.1, 0.15) is 12.1 Å². The van der Waals surface area contributed by atoms with Gasteiger partial charge in [-0.25, -0.2) is 9.69 Å². The lowest BCUT2D eigenvalue weighted by molar-refractivity contribution is -0.146. The van der Waals surface area contributed by atoms with E-state index in [1.807, 2.05) is 41.3 Å². The van der Waals surface area contributed by atoms with Crippen molar-refractivity contribution in [3.8, 4) is 11.4 Å². The number of amides is 2. The maximum atomic E-state index is 14.2. The average molecular weight is 777 g/mol. The van der Waals surface area contributed by atoms with Gasteiger partial charge in [0, 0.05) is 37.8 Å². The van der Waals surface area contributed by atoms with E-state index in [0.717, 1.165) is 18.5 Å². The third-order valence-corrected chi connectivity index (χ3v) is 12.2. The Morgan fingerprint density at radius 3 is 2.54 bits per heavy atom. The van der Waals surface area contributed by atoms with E-state index < -0.39 is 22.7 Å². The first kappa shape index (κ1) is 37.7. The number of aromatic nitrogens is 5. The molecule has 5 heterocycles. The summed E-state index contributed by atoms with van der Waals surface area (Å²) in [5.41, 5.74) is 4.60. The molecule has 0 saturated carbocycles. The predicted octanol–water partition coefficient (Wildman–Crippen LogP) is 4.41. The SMILES string of the molecule is COc1ccc(-n2cnnn2)cc1C(=O)N1CCC(CCN2CCC(C(=O)NN3CCCC(C(=O)O)C3)(c3ccccn3)CC2)(c2ccc(Cl)c(Cl)c2)C1. The number of nitrogens with one attached hydrogen (secondary N) is 1. The van der Waals surface area contributed by atoms with Crippen LogP contribution in [0.2, 0.25) is 10.0 Å². The lowest BCUT2D eigenvalue weighted by Gasteiger charge is -2.43. The highest BCUT2D eigenvalue weighted by Crippen LogP contribution is 2.42. The van der Waals surface area contributed by atoms with E-state index in [-0.39, 0.29) is 18.4 Å². The number of carboxylic acids is 1. The van der Waals surface area contributed by atoms with E-state index >= 15 is 0 Å². The van der Waals surface area contributed by atoms with Crippen LogP contribution in [-0.4, -0.2) is 116 Å². The summed E-state index contributed by atoms with van der Waals surface area (Å²) in [6, 6.07) is 16.7. The number of tetrazole rings is 1. The lowest BCUT2D eigenvalue weighted by atomic mass is 9.73. The molecule has 284 valence electrons. The highest BCUT2D eigenvalue weighted by molar-refractivity contribution is 6.42. The molecule has 2 amide bonds. The quantitative estimate of drug-likeness (QED) is 0.222. The van der Waals surface area contributed by atoms with E-state index in [4.69, 9.17) is 27.9 Å². The van der Waals surface area contributed by atoms with Crippen molar-refractivity contribution in [1.29, 1.82) is 0 Å². The molecule has 16 heteroatoms. The smallest absolute Gasteiger partial charge is 0.307 e. The summed E-state index contributed by atoms with van der Waals surface area (Å²) >= 11 is 12.9. The highest BCUT2D eigenvalue weighted by Gasteiger charge is 2.47. The number of carboxylic acid groups (broad SMARTS) is 1. The molecule has 0 bridgehead atoms. The summed E-state index contributed by atoms with van der Waals surface area (Å²) in [5, 5.41) is 23.7. The molecule has 2 unspecified atom stereocenters. The van der Waals surface area contributed by atoms with Crippen molar-refractivity contribution in [3.05, 3.63) is 94.0 Å². The number of ether oxygens (including phenoxy) is 1. The molecule has 3 fully saturated rings. The molecule has 3 aliphatic heterocycles. The molecule has 3 aliphatic rings. The van der Waals surface area contributed by atoms with Crippen LogP contribution in [0.1, 0.15) is 60.1 Å². The molecule has 0 spiro atoms. The Bertz CT molecular complexity index is 1980. The fourth-order valence-electron chi connectivity index (χ4n) is 8.22. The number of carbonyl (C=O) groups is 3. The minimum Gasteiger partial charge on any atom is -0.496 e. The number of hydrogen-bond acceptors (Lipinski definition) is 10. The van der Waals surface area contributed by atoms with Crippen LogP contribution in [0.25, 0.3) is 5.69 Å². The van der Waals surface area contributed by atoms with Crippen molar-refractivity contribution in [3.63, 3.8) is 0 Å². The normalized spacial score (nSPS) is 21.8. The Morgan fingerprint density at radius 1 is 1.00 bits per heavy atom. The Morgan fingerprint density at radius 2 is 1.83 bits per heavy atom. The van der Waals surface area contributed by atoms with Crippen LogP contribution in [0.15, 0.2) is 67.1 Å². The minimum atomic E-state index is -0.859. The Kier molecular flexibility index (Phi) is 11.2. The van der Waals surface area contributed by atoms with Gasteiger partial charge in [-0.1, -0.05) is 35.3 Å². The maximum absolute atomic E-state index is 14.2. The summed E-state index contributed by atoms with van der Waals surface area (Å²) in [5.74, 6) is -1.20. The number of benzene rings is 2. The number of piperidine rings is 2. The molecule has 14 nitrogen and oxygen atoms in total. The molecule has 54 heavy (non-hydrogen) atoms. The molecular formula is C38H43Cl2N9O5. The largest absolute Gasteiger partial charge is 0.496 e. The van der Waals surface area contributed by atoms with Crippen LogP contribution >= 0.6 is 23.2 Å². The number of aliphatic carboxylic acids is 1. The molecule has 2 N–H and O–H groups in total. The fraction of sp³-hybridized carbons (Fsp3) is 0.447. The fourth-order valence-corrected chi connectivity index (χ4v) is 8.52. The molecule has 0 aliphatic carbocycles. The molecule has 4 aromatic rings. The van der Waals surface area contributed by atoms with E-state index in [1.54, 1.807) is 36.5 Å². The number of rotatable bonds is 11. The number of methoxy groups -OCH3 is 1. The van der Waals surface area contributed by atoms with E-state index in [9.17, 15) is 19.5 Å². The standard InChI is InChI=1S/C38H43Cl2N9O5/c1-54-32-10-8-28(49-25-42-44-45-49)22-29(32)34(50)47-20-12-37(24-47,27-7-9-30(39)31(40)21-27)11-17-46-18-13-38(14-19-46,33-6-2-3-15-41-33)36(53)43-48-16-4-5-26(23-48)35(51)52/h2-3,6-10,15,21-22,25-26H,4-5,11-14,16-20,23-24H2,1H3,(H,43,53)(H,51,52). The number of carbonyl (C=O) groups excluding carboxylic acids is 2. The van der Waals surface area contributed by atoms with Gasteiger partial charge in [-0.3, -0.25) is 24.8 Å². The van der Waals surface area contributed by atoms with Crippen LogP contribution in [-0.2, 0) is 20.4 Å². The van der Waals surface area contributed by atoms with E-state index in [2.05, 4.69) is 30.8 Å². The Balaban J connectivity index is 1.08. The van der Waals surface area contributed by atoms with E-state index in [0.29, 0.717) is 97.6 Å². The molecule has 3 saturated heterocycles. The third-order valence-electron chi connectivity index (χ3n) is 11.4. The van der Waals surface area contributed by atoms with Crippen molar-refractivity contribution in [2.75, 3.05) is 52.9 Å². The number of pyridine rings is 1. The van der Waals surface area contributed by atoms with Crippen molar-refractivity contribution in [2.24, 2.45) is 5.92 Å². The van der Waals surface area contributed by atoms with Crippen molar-refractivity contribution in [1.82, 2.24) is 45.4 Å². The van der Waals surface area contributed by atoms with Crippen LogP contribution in [0, 0.1) is 5.92 Å². The number of halogens is 2. The van der Waals surface area contributed by atoms with Crippen LogP contribution < -0.4 is 10.2 Å². The van der Waals surface area contributed by atoms with Gasteiger partial charge in [0.05, 0.1) is 45.4 Å². The second-order valence-electron chi connectivity index (χ2n) is 14.5. The van der Waals surface area contributed by atoms with Gasteiger partial charge in [-0.15, -0.1) is 5.10 Å². The van der Waals surface area contributed by atoms with Gasteiger partial charge in [-0.2, -0.15) is 0 Å². The third kappa shape index (κ3) is 7.65. The van der Waals surface area contributed by atoms with Crippen LogP contribution in [0.5, 0.6) is 5.75 Å². The first-order valence-corrected chi connectivity index (χ1v) is 19.0. The molecule has 2 aromatic heterocycles. The van der Waals surface area contributed by atoms with Gasteiger partial charge in [0.15, 0.2) is 0 Å². The summed E-state index contributed by atoms with van der Waals surface area (Å²) < 4.78 is 7.10. The highest BCUT2D eigenvalue weighted by atomic mass is 35.5. The van der Waals surface area contributed by atoms with Gasteiger partial charge < -0.3 is 19.6 Å². The zero-order valence-corrected chi connectivity index (χ0v) is 31.5. The van der Waals surface area contributed by atoms with Crippen LogP contribution in [0.4, 0.5) is 0 Å². The topological polar surface area (TPSA) is 159 Å². The Hall–Kier alpha value is -4.63. The number of nitrogens with zero attached hydrogens (tertiary/aromatic N) is 8. The first-order chi connectivity index (χ1) is 26.1. The maximum Gasteiger partial charge on any atom is 0.307 e. The molecule has 2 atom stereocenters.